The lowest BCUT2D eigenvalue weighted by molar-refractivity contribution is -1.03. The number of hydroxylamine groups is 3. The lowest BCUT2D eigenvalue weighted by atomic mass is 10.0. The van der Waals surface area contributed by atoms with Gasteiger partial charge in [0.2, 0.25) is 5.84 Å². The molecular formula is C19H37N2O3+. The number of hydrogen-bond donors (Lipinski definition) is 2. The Morgan fingerprint density at radius 2 is 1.58 bits per heavy atom. The Labute approximate surface area is 147 Å². The molecule has 2 atom stereocenters. The van der Waals surface area contributed by atoms with Gasteiger partial charge >= 0.3 is 5.97 Å². The minimum atomic E-state index is -0.918. The van der Waals surface area contributed by atoms with E-state index >= 15 is 0 Å². The standard InChI is InChI=1S/C19H36N2O3/c1-3-5-6-7-8-9-10-11-12-13-14-17-16-21(24,4-2)18(20-17)15-19(22)23/h17,24H,3-16H2,1-2H3/p+1. The van der Waals surface area contributed by atoms with Crippen molar-refractivity contribution in [1.82, 2.24) is 0 Å². The van der Waals surface area contributed by atoms with Gasteiger partial charge in [0.05, 0.1) is 0 Å². The van der Waals surface area contributed by atoms with Crippen molar-refractivity contribution in [2.45, 2.75) is 96.9 Å². The minimum Gasteiger partial charge on any atom is -0.481 e. The average Bonchev–Trinajstić information content (AvgIpc) is 2.85. The molecule has 0 aromatic rings. The number of hydrogen-bond acceptors (Lipinski definition) is 3. The van der Waals surface area contributed by atoms with Gasteiger partial charge < -0.3 is 5.11 Å². The Kier molecular flexibility index (Phi) is 10.2. The second-order valence-electron chi connectivity index (χ2n) is 7.16. The number of likely N-dealkylation sites (N-methyl/N-ethyl adjacent to an activating group) is 1. The molecule has 0 radical (unpaired) electrons. The Balaban J connectivity index is 2.13. The quantitative estimate of drug-likeness (QED) is 0.353. The Morgan fingerprint density at radius 3 is 2.08 bits per heavy atom. The summed E-state index contributed by atoms with van der Waals surface area (Å²) < 4.78 is -0.283. The first-order valence-corrected chi connectivity index (χ1v) is 9.90. The lowest BCUT2D eigenvalue weighted by Gasteiger charge is -2.24. The maximum absolute atomic E-state index is 10.9. The van der Waals surface area contributed by atoms with Gasteiger partial charge in [-0.3, -0.25) is 4.79 Å². The van der Waals surface area contributed by atoms with E-state index in [0.717, 1.165) is 12.8 Å². The second kappa shape index (κ2) is 11.6. The van der Waals surface area contributed by atoms with E-state index in [1.165, 1.54) is 57.8 Å². The van der Waals surface area contributed by atoms with E-state index in [1.807, 2.05) is 6.92 Å². The van der Waals surface area contributed by atoms with Crippen LogP contribution in [0.4, 0.5) is 0 Å². The van der Waals surface area contributed by atoms with E-state index in [4.69, 9.17) is 5.11 Å². The zero-order chi connectivity index (χ0) is 17.8. The number of carbonyl (C=O) groups is 1. The highest BCUT2D eigenvalue weighted by Crippen LogP contribution is 2.23. The molecular weight excluding hydrogens is 304 g/mol. The van der Waals surface area contributed by atoms with Gasteiger partial charge in [0.25, 0.3) is 0 Å². The Morgan fingerprint density at radius 1 is 1.04 bits per heavy atom. The molecule has 0 fully saturated rings. The van der Waals surface area contributed by atoms with Crippen molar-refractivity contribution in [2.24, 2.45) is 4.99 Å². The summed E-state index contributed by atoms with van der Waals surface area (Å²) in [5.74, 6) is -0.500. The monoisotopic (exact) mass is 341 g/mol. The maximum atomic E-state index is 10.9. The SMILES string of the molecule is CCCCCCCCCCCCC1C[N+](O)(CC)C(CC(=O)O)=N1. The first-order chi connectivity index (χ1) is 11.5. The van der Waals surface area contributed by atoms with E-state index in [-0.39, 0.29) is 17.1 Å². The van der Waals surface area contributed by atoms with Crippen molar-refractivity contribution in [3.05, 3.63) is 0 Å². The number of rotatable bonds is 14. The molecule has 0 saturated heterocycles. The maximum Gasteiger partial charge on any atom is 0.315 e. The topological polar surface area (TPSA) is 69.9 Å². The first-order valence-electron chi connectivity index (χ1n) is 9.90. The molecule has 140 valence electrons. The fraction of sp³-hybridized carbons (Fsp3) is 0.895. The van der Waals surface area contributed by atoms with Crippen LogP contribution in [0, 0.1) is 0 Å². The predicted molar refractivity (Wildman–Crippen MR) is 97.4 cm³/mol. The van der Waals surface area contributed by atoms with Gasteiger partial charge in [-0.25, -0.2) is 10.2 Å². The molecule has 0 spiro atoms. The molecule has 2 unspecified atom stereocenters. The normalized spacial score (nSPS) is 23.5. The van der Waals surface area contributed by atoms with Crippen LogP contribution in [-0.4, -0.2) is 45.9 Å². The van der Waals surface area contributed by atoms with E-state index < -0.39 is 5.97 Å². The van der Waals surface area contributed by atoms with E-state index in [2.05, 4.69) is 11.9 Å². The molecule has 1 rings (SSSR count). The number of nitrogens with zero attached hydrogens (tertiary/aromatic N) is 2. The number of aliphatic imine (C=N–C) groups is 1. The van der Waals surface area contributed by atoms with Gasteiger partial charge in [-0.05, 0) is 13.3 Å². The van der Waals surface area contributed by atoms with Gasteiger partial charge in [-0.15, -0.1) is 4.65 Å². The second-order valence-corrected chi connectivity index (χ2v) is 7.16. The molecule has 0 aliphatic carbocycles. The van der Waals surface area contributed by atoms with Crippen LogP contribution in [0.15, 0.2) is 4.99 Å². The summed E-state index contributed by atoms with van der Waals surface area (Å²) in [7, 11) is 0. The third-order valence-corrected chi connectivity index (χ3v) is 5.05. The summed E-state index contributed by atoms with van der Waals surface area (Å²) in [6.45, 7) is 5.15. The largest absolute Gasteiger partial charge is 0.481 e. The molecule has 0 bridgehead atoms. The van der Waals surface area contributed by atoms with Crippen LogP contribution in [0.1, 0.15) is 90.9 Å². The minimum absolute atomic E-state index is 0.0818. The molecule has 1 heterocycles. The van der Waals surface area contributed by atoms with Crippen molar-refractivity contribution < 1.29 is 19.8 Å². The number of amidine groups is 1. The number of quaternary nitrogens is 1. The average molecular weight is 342 g/mol. The molecule has 2 N–H and O–H groups in total. The van der Waals surface area contributed by atoms with E-state index in [9.17, 15) is 10.0 Å². The first kappa shape index (κ1) is 21.1. The van der Waals surface area contributed by atoms with Gasteiger partial charge in [-0.1, -0.05) is 71.1 Å². The summed E-state index contributed by atoms with van der Waals surface area (Å²) in [5.41, 5.74) is 0. The summed E-state index contributed by atoms with van der Waals surface area (Å²) in [6, 6.07) is 0.0818. The van der Waals surface area contributed by atoms with Crippen LogP contribution in [0.3, 0.4) is 0 Å². The Bertz CT molecular complexity index is 398. The zero-order valence-electron chi connectivity index (χ0n) is 15.7. The van der Waals surface area contributed by atoms with Crippen molar-refractivity contribution >= 4 is 11.8 Å². The molecule has 5 nitrogen and oxygen atoms in total. The highest BCUT2D eigenvalue weighted by atomic mass is 16.5. The van der Waals surface area contributed by atoms with Gasteiger partial charge in [0.15, 0.2) is 0 Å². The third-order valence-electron chi connectivity index (χ3n) is 5.05. The van der Waals surface area contributed by atoms with Crippen molar-refractivity contribution in [3.63, 3.8) is 0 Å². The molecule has 0 amide bonds. The molecule has 0 saturated carbocycles. The summed E-state index contributed by atoms with van der Waals surface area (Å²) in [5, 5.41) is 19.4. The van der Waals surface area contributed by atoms with Gasteiger partial charge in [0, 0.05) is 0 Å². The smallest absolute Gasteiger partial charge is 0.315 e. The van der Waals surface area contributed by atoms with Crippen LogP contribution in [0.25, 0.3) is 0 Å². The van der Waals surface area contributed by atoms with E-state index in [1.54, 1.807) is 0 Å². The molecule has 1 aliphatic rings. The number of carboxylic acids is 1. The summed E-state index contributed by atoms with van der Waals surface area (Å²) in [6.07, 6.45) is 13.9. The molecule has 0 aromatic carbocycles. The van der Waals surface area contributed by atoms with Crippen LogP contribution in [-0.2, 0) is 4.79 Å². The zero-order valence-corrected chi connectivity index (χ0v) is 15.7. The Hall–Kier alpha value is -0.940. The van der Waals surface area contributed by atoms with Crippen LogP contribution in [0.5, 0.6) is 0 Å². The van der Waals surface area contributed by atoms with Crippen molar-refractivity contribution in [3.8, 4) is 0 Å². The fourth-order valence-electron chi connectivity index (χ4n) is 3.48. The van der Waals surface area contributed by atoms with Crippen molar-refractivity contribution in [1.29, 1.82) is 0 Å². The summed E-state index contributed by atoms with van der Waals surface area (Å²) in [4.78, 5) is 15.4. The molecule has 24 heavy (non-hydrogen) atoms. The van der Waals surface area contributed by atoms with Crippen LogP contribution < -0.4 is 0 Å². The van der Waals surface area contributed by atoms with Crippen LogP contribution in [0.2, 0.25) is 0 Å². The number of unbranched alkanes of at least 4 members (excludes halogenated alkanes) is 9. The van der Waals surface area contributed by atoms with Crippen LogP contribution >= 0.6 is 0 Å². The van der Waals surface area contributed by atoms with Gasteiger partial charge in [-0.2, -0.15) is 0 Å². The summed E-state index contributed by atoms with van der Waals surface area (Å²) >= 11 is 0. The predicted octanol–water partition coefficient (Wildman–Crippen LogP) is 4.78. The number of carboxylic acid groups (broad SMARTS) is 1. The fourth-order valence-corrected chi connectivity index (χ4v) is 3.48. The molecule has 0 aromatic heterocycles. The van der Waals surface area contributed by atoms with Crippen molar-refractivity contribution in [2.75, 3.05) is 13.1 Å². The highest BCUT2D eigenvalue weighted by molar-refractivity contribution is 5.93. The number of aliphatic carboxylic acids is 1. The third kappa shape index (κ3) is 7.75. The highest BCUT2D eigenvalue weighted by Gasteiger charge is 2.41. The molecule has 1 aliphatic heterocycles. The molecule has 5 heteroatoms. The van der Waals surface area contributed by atoms with Gasteiger partial charge in [0.1, 0.15) is 25.6 Å². The van der Waals surface area contributed by atoms with E-state index in [0.29, 0.717) is 18.9 Å². The lowest BCUT2D eigenvalue weighted by Crippen LogP contribution is -2.49.